The van der Waals surface area contributed by atoms with E-state index in [1.807, 2.05) is 13.8 Å². The molecular weight excluding hydrogens is 256 g/mol. The lowest BCUT2D eigenvalue weighted by molar-refractivity contribution is 0.143. The van der Waals surface area contributed by atoms with Gasteiger partial charge < -0.3 is 4.90 Å². The van der Waals surface area contributed by atoms with Crippen molar-refractivity contribution in [1.29, 1.82) is 0 Å². The molecule has 1 rings (SSSR count). The molecule has 0 unspecified atom stereocenters. The number of nitrogens with one attached hydrogen (secondary N) is 1. The molecule has 0 aromatic carbocycles. The maximum Gasteiger partial charge on any atom is 0.340 e. The summed E-state index contributed by atoms with van der Waals surface area (Å²) in [6, 6.07) is -0.343. The SMILES string of the molecule is CCN(CC)C(=O)N1C=CN(S(=O)(=O)Cl)N1. The van der Waals surface area contributed by atoms with E-state index in [2.05, 4.69) is 5.53 Å². The van der Waals surface area contributed by atoms with Crippen LogP contribution in [0.2, 0.25) is 0 Å². The van der Waals surface area contributed by atoms with Gasteiger partial charge in [-0.1, -0.05) is 0 Å². The van der Waals surface area contributed by atoms with E-state index in [0.717, 1.165) is 11.2 Å². The number of rotatable bonds is 3. The Kier molecular flexibility index (Phi) is 4.00. The minimum atomic E-state index is -3.91. The lowest BCUT2D eigenvalue weighted by atomic mass is 10.5. The molecule has 2 amide bonds. The van der Waals surface area contributed by atoms with Gasteiger partial charge >= 0.3 is 15.3 Å². The quantitative estimate of drug-likeness (QED) is 0.754. The predicted octanol–water partition coefficient (Wildman–Crippen LogP) is 0.440. The molecule has 0 bridgehead atoms. The molecule has 1 aliphatic heterocycles. The van der Waals surface area contributed by atoms with Gasteiger partial charge in [-0.25, -0.2) is 9.80 Å². The van der Waals surface area contributed by atoms with Gasteiger partial charge in [0.2, 0.25) is 0 Å². The molecule has 0 saturated heterocycles. The first kappa shape index (κ1) is 13.1. The second-order valence-corrected chi connectivity index (χ2v) is 5.35. The Bertz CT molecular complexity index is 392. The van der Waals surface area contributed by atoms with Crippen LogP contribution in [0.15, 0.2) is 12.4 Å². The van der Waals surface area contributed by atoms with Crippen LogP contribution < -0.4 is 5.53 Å². The monoisotopic (exact) mass is 268 g/mol. The molecule has 1 heterocycles. The van der Waals surface area contributed by atoms with E-state index in [-0.39, 0.29) is 6.03 Å². The summed E-state index contributed by atoms with van der Waals surface area (Å²) in [5.41, 5.74) is 2.32. The van der Waals surface area contributed by atoms with Gasteiger partial charge in [0.1, 0.15) is 0 Å². The van der Waals surface area contributed by atoms with Crippen molar-refractivity contribution in [3.8, 4) is 0 Å². The average Bonchev–Trinajstić information content (AvgIpc) is 2.67. The third-order valence-electron chi connectivity index (χ3n) is 2.03. The minimum Gasteiger partial charge on any atom is -0.324 e. The first-order valence-corrected chi connectivity index (χ1v) is 6.93. The first-order chi connectivity index (χ1) is 7.40. The number of carbonyl (C=O) groups is 1. The minimum absolute atomic E-state index is 0.343. The van der Waals surface area contributed by atoms with Crippen LogP contribution >= 0.6 is 10.7 Å². The highest BCUT2D eigenvalue weighted by atomic mass is 35.7. The molecule has 92 valence electrons. The van der Waals surface area contributed by atoms with Crippen molar-refractivity contribution in [3.63, 3.8) is 0 Å². The van der Waals surface area contributed by atoms with Gasteiger partial charge in [0, 0.05) is 30.0 Å². The molecule has 16 heavy (non-hydrogen) atoms. The summed E-state index contributed by atoms with van der Waals surface area (Å²) in [6.45, 7) is 4.73. The summed E-state index contributed by atoms with van der Waals surface area (Å²) in [6.07, 6.45) is 2.45. The van der Waals surface area contributed by atoms with Crippen LogP contribution in [-0.4, -0.2) is 41.9 Å². The van der Waals surface area contributed by atoms with Crippen molar-refractivity contribution in [1.82, 2.24) is 19.9 Å². The number of halogens is 1. The Hall–Kier alpha value is -0.990. The largest absolute Gasteiger partial charge is 0.340 e. The Morgan fingerprint density at radius 3 is 2.31 bits per heavy atom. The lowest BCUT2D eigenvalue weighted by Crippen LogP contribution is -2.49. The van der Waals surface area contributed by atoms with E-state index >= 15 is 0 Å². The van der Waals surface area contributed by atoms with Crippen molar-refractivity contribution in [2.75, 3.05) is 13.1 Å². The standard InChI is InChI=1S/C7H13ClN4O3S/c1-3-10(4-2)7(13)11-5-6-12(9-11)16(8,14)15/h5-6,9H,3-4H2,1-2H3. The number of carbonyl (C=O) groups excluding carboxylic acids is 1. The van der Waals surface area contributed by atoms with Crippen LogP contribution in [0.5, 0.6) is 0 Å². The van der Waals surface area contributed by atoms with Gasteiger partial charge in [-0.3, -0.25) is 0 Å². The third-order valence-corrected chi connectivity index (χ3v) is 3.15. The first-order valence-electron chi connectivity index (χ1n) is 4.67. The summed E-state index contributed by atoms with van der Waals surface area (Å²) in [7, 11) is 1.18. The zero-order valence-corrected chi connectivity index (χ0v) is 10.5. The summed E-state index contributed by atoms with van der Waals surface area (Å²) in [4.78, 5) is 13.3. The summed E-state index contributed by atoms with van der Waals surface area (Å²) in [5.74, 6) is 0. The lowest BCUT2D eigenvalue weighted by Gasteiger charge is -2.25. The molecule has 0 fully saturated rings. The van der Waals surface area contributed by atoms with Crippen LogP contribution in [0, 0.1) is 0 Å². The van der Waals surface area contributed by atoms with Crippen molar-refractivity contribution in [2.24, 2.45) is 0 Å². The van der Waals surface area contributed by atoms with Gasteiger partial charge in [0.15, 0.2) is 0 Å². The molecule has 0 aromatic rings. The van der Waals surface area contributed by atoms with Crippen LogP contribution in [0.3, 0.4) is 0 Å². The van der Waals surface area contributed by atoms with Crippen LogP contribution in [0.1, 0.15) is 13.8 Å². The zero-order chi connectivity index (χ0) is 12.3. The van der Waals surface area contributed by atoms with Crippen molar-refractivity contribution >= 4 is 26.0 Å². The summed E-state index contributed by atoms with van der Waals surface area (Å²) >= 11 is 0. The van der Waals surface area contributed by atoms with E-state index in [0.29, 0.717) is 17.5 Å². The van der Waals surface area contributed by atoms with Crippen molar-refractivity contribution < 1.29 is 13.2 Å². The van der Waals surface area contributed by atoms with E-state index in [9.17, 15) is 13.2 Å². The van der Waals surface area contributed by atoms with Gasteiger partial charge in [-0.2, -0.15) is 12.8 Å². The van der Waals surface area contributed by atoms with Gasteiger partial charge in [0.25, 0.3) is 0 Å². The molecule has 0 aromatic heterocycles. The molecule has 9 heteroatoms. The van der Waals surface area contributed by atoms with E-state index in [1.54, 1.807) is 0 Å². The fourth-order valence-corrected chi connectivity index (χ4v) is 1.79. The third kappa shape index (κ3) is 2.77. The molecule has 0 aliphatic carbocycles. The predicted molar refractivity (Wildman–Crippen MR) is 59.0 cm³/mol. The second kappa shape index (κ2) is 4.89. The van der Waals surface area contributed by atoms with Crippen LogP contribution in [-0.2, 0) is 9.24 Å². The van der Waals surface area contributed by atoms with E-state index in [4.69, 9.17) is 10.7 Å². The van der Waals surface area contributed by atoms with Gasteiger partial charge in [-0.05, 0) is 13.8 Å². The Morgan fingerprint density at radius 1 is 1.38 bits per heavy atom. The summed E-state index contributed by atoms with van der Waals surface area (Å²) in [5, 5.41) is 1.05. The van der Waals surface area contributed by atoms with E-state index < -0.39 is 9.24 Å². The van der Waals surface area contributed by atoms with Crippen LogP contribution in [0.25, 0.3) is 0 Å². The van der Waals surface area contributed by atoms with Crippen molar-refractivity contribution in [2.45, 2.75) is 13.8 Å². The Labute approximate surface area is 98.7 Å². The fraction of sp³-hybridized carbons (Fsp3) is 0.571. The smallest absolute Gasteiger partial charge is 0.324 e. The van der Waals surface area contributed by atoms with Crippen molar-refractivity contribution in [3.05, 3.63) is 12.4 Å². The number of hydrogen-bond acceptors (Lipinski definition) is 4. The Morgan fingerprint density at radius 2 is 1.94 bits per heavy atom. The number of urea groups is 1. The molecule has 1 N–H and O–H groups in total. The topological polar surface area (TPSA) is 73.0 Å². The van der Waals surface area contributed by atoms with Crippen LogP contribution in [0.4, 0.5) is 4.79 Å². The van der Waals surface area contributed by atoms with Gasteiger partial charge in [-0.15, -0.1) is 5.53 Å². The number of nitrogens with zero attached hydrogens (tertiary/aromatic N) is 3. The average molecular weight is 269 g/mol. The molecule has 0 radical (unpaired) electrons. The molecular formula is C7H13ClN4O3S. The molecule has 0 saturated carbocycles. The maximum atomic E-state index is 11.8. The highest BCUT2D eigenvalue weighted by Gasteiger charge is 2.27. The molecule has 0 atom stereocenters. The molecule has 0 spiro atoms. The van der Waals surface area contributed by atoms with E-state index in [1.165, 1.54) is 11.1 Å². The maximum absolute atomic E-state index is 11.8. The summed E-state index contributed by atoms with van der Waals surface area (Å²) < 4.78 is 22.5. The normalized spacial score (nSPS) is 15.7. The number of amides is 2. The zero-order valence-electron chi connectivity index (χ0n) is 8.92. The number of hydrazine groups is 2. The number of hydrogen-bond donors (Lipinski definition) is 1. The molecule has 7 nitrogen and oxygen atoms in total. The molecule has 1 aliphatic rings. The Balaban J connectivity index is 2.68. The second-order valence-electron chi connectivity index (χ2n) is 2.96. The van der Waals surface area contributed by atoms with Gasteiger partial charge in [0.05, 0.1) is 6.20 Å². The highest BCUT2D eigenvalue weighted by Crippen LogP contribution is 2.11. The fourth-order valence-electron chi connectivity index (χ4n) is 1.17. The highest BCUT2D eigenvalue weighted by molar-refractivity contribution is 8.11.